The van der Waals surface area contributed by atoms with Gasteiger partial charge in [0.25, 0.3) is 10.1 Å². The van der Waals surface area contributed by atoms with Crippen LogP contribution in [0.3, 0.4) is 0 Å². The van der Waals surface area contributed by atoms with Crippen molar-refractivity contribution in [3.63, 3.8) is 0 Å². The van der Waals surface area contributed by atoms with Crippen LogP contribution in [0.1, 0.15) is 13.8 Å². The van der Waals surface area contributed by atoms with Gasteiger partial charge in [0.15, 0.2) is 0 Å². The molecule has 0 rings (SSSR count). The first-order valence-electron chi connectivity index (χ1n) is 3.67. The number of hydrogen-bond donors (Lipinski definition) is 3. The monoisotopic (exact) mass is 224 g/mol. The topological polar surface area (TPSA) is 123 Å². The molecule has 0 atom stereocenters. The van der Waals surface area contributed by atoms with Crippen molar-refractivity contribution in [2.24, 2.45) is 11.5 Å². The normalized spacial score (nSPS) is 11.1. The maximum atomic E-state index is 10.4. The zero-order chi connectivity index (χ0) is 12.0. The van der Waals surface area contributed by atoms with E-state index in [0.717, 1.165) is 6.08 Å². The molecular weight excluding hydrogens is 208 g/mol. The average molecular weight is 224 g/mol. The van der Waals surface area contributed by atoms with Gasteiger partial charge in [-0.1, -0.05) is 6.58 Å². The van der Waals surface area contributed by atoms with Crippen LogP contribution in [0.5, 0.6) is 0 Å². The fourth-order valence-corrected chi connectivity index (χ4v) is 0.316. The third kappa shape index (κ3) is 6.58. The molecule has 84 valence electrons. The Morgan fingerprint density at radius 3 is 1.86 bits per heavy atom. The highest BCUT2D eigenvalue weighted by Crippen LogP contribution is 2.11. The van der Waals surface area contributed by atoms with Crippen molar-refractivity contribution in [2.75, 3.05) is 6.54 Å². The average Bonchev–Trinajstić information content (AvgIpc) is 2.03. The van der Waals surface area contributed by atoms with Gasteiger partial charge in [-0.3, -0.25) is 9.35 Å². The van der Waals surface area contributed by atoms with Gasteiger partial charge in [0.1, 0.15) is 4.75 Å². The van der Waals surface area contributed by atoms with Gasteiger partial charge in [0.05, 0.1) is 0 Å². The van der Waals surface area contributed by atoms with E-state index in [1.54, 1.807) is 0 Å². The molecular formula is C7H16N2O4S. The van der Waals surface area contributed by atoms with Crippen LogP contribution in [0, 0.1) is 0 Å². The first-order valence-corrected chi connectivity index (χ1v) is 5.11. The van der Waals surface area contributed by atoms with Gasteiger partial charge < -0.3 is 11.5 Å². The number of amides is 1. The largest absolute Gasteiger partial charge is 0.366 e. The minimum atomic E-state index is -3.98. The first kappa shape index (κ1) is 15.5. The molecule has 0 aliphatic rings. The van der Waals surface area contributed by atoms with Gasteiger partial charge in [-0.2, -0.15) is 8.42 Å². The van der Waals surface area contributed by atoms with Gasteiger partial charge in [-0.25, -0.2) is 0 Å². The summed E-state index contributed by atoms with van der Waals surface area (Å²) in [5, 5.41) is 0. The van der Waals surface area contributed by atoms with Crippen LogP contribution in [-0.2, 0) is 14.9 Å². The van der Waals surface area contributed by atoms with Gasteiger partial charge >= 0.3 is 0 Å². The Balaban J connectivity index is 0. The highest BCUT2D eigenvalue weighted by atomic mass is 32.2. The molecule has 0 aromatic heterocycles. The molecule has 7 heteroatoms. The van der Waals surface area contributed by atoms with Crippen molar-refractivity contribution < 1.29 is 17.8 Å². The van der Waals surface area contributed by atoms with E-state index in [4.69, 9.17) is 10.3 Å². The highest BCUT2D eigenvalue weighted by molar-refractivity contribution is 7.87. The maximum Gasteiger partial charge on any atom is 0.271 e. The fraction of sp³-hybridized carbons (Fsp3) is 0.571. The zero-order valence-electron chi connectivity index (χ0n) is 8.23. The third-order valence-corrected chi connectivity index (χ3v) is 2.95. The summed E-state index contributed by atoms with van der Waals surface area (Å²) in [5.41, 5.74) is 9.59. The number of rotatable bonds is 3. The molecule has 0 heterocycles. The van der Waals surface area contributed by atoms with Crippen molar-refractivity contribution in [1.82, 2.24) is 0 Å². The van der Waals surface area contributed by atoms with Crippen LogP contribution >= 0.6 is 0 Å². The lowest BCUT2D eigenvalue weighted by Gasteiger charge is -2.16. The zero-order valence-corrected chi connectivity index (χ0v) is 9.04. The van der Waals surface area contributed by atoms with E-state index in [1.165, 1.54) is 13.8 Å². The Morgan fingerprint density at radius 2 is 1.86 bits per heavy atom. The van der Waals surface area contributed by atoms with Gasteiger partial charge in [0, 0.05) is 6.54 Å². The van der Waals surface area contributed by atoms with Gasteiger partial charge in [0.2, 0.25) is 5.91 Å². The fourth-order valence-electron chi connectivity index (χ4n) is 0.105. The summed E-state index contributed by atoms with van der Waals surface area (Å²) in [7, 11) is -3.98. The molecule has 0 aliphatic carbocycles. The van der Waals surface area contributed by atoms with Crippen molar-refractivity contribution >= 4 is 16.0 Å². The molecule has 1 amide bonds. The summed E-state index contributed by atoms with van der Waals surface area (Å²) in [6, 6.07) is 0. The Kier molecular flexibility index (Phi) is 6.37. The first-order chi connectivity index (χ1) is 6.08. The molecule has 6 nitrogen and oxygen atoms in total. The van der Waals surface area contributed by atoms with Crippen molar-refractivity contribution in [3.8, 4) is 0 Å². The number of hydrogen-bond acceptors (Lipinski definition) is 4. The second-order valence-electron chi connectivity index (χ2n) is 3.05. The second kappa shape index (κ2) is 5.74. The molecule has 0 aromatic rings. The Hall–Kier alpha value is -0.920. The lowest BCUT2D eigenvalue weighted by Crippen LogP contribution is -2.39. The van der Waals surface area contributed by atoms with E-state index in [0.29, 0.717) is 0 Å². The standard InChI is InChI=1S/C4H11NO3S.C3H5NO/c1-4(2,3-5)9(6,7)8;1-2-3(4)5/h3,5H2,1-2H3,(H,6,7,8);2H,1H2,(H2,4,5). The molecule has 0 unspecified atom stereocenters. The quantitative estimate of drug-likeness (QED) is 0.430. The van der Waals surface area contributed by atoms with E-state index in [1.807, 2.05) is 0 Å². The summed E-state index contributed by atoms with van der Waals surface area (Å²) in [6.07, 6.45) is 1.06. The summed E-state index contributed by atoms with van der Waals surface area (Å²) in [5.74, 6) is -0.481. The van der Waals surface area contributed by atoms with Crippen LogP contribution in [-0.4, -0.2) is 30.2 Å². The van der Waals surface area contributed by atoms with E-state index < -0.39 is 20.8 Å². The molecule has 0 spiro atoms. The predicted octanol–water partition coefficient (Wildman–Crippen LogP) is -0.731. The summed E-state index contributed by atoms with van der Waals surface area (Å²) < 4.78 is 27.9. The Morgan fingerprint density at radius 1 is 1.57 bits per heavy atom. The number of carbonyl (C=O) groups excluding carboxylic acids is 1. The van der Waals surface area contributed by atoms with Crippen LogP contribution in [0.2, 0.25) is 0 Å². The lowest BCUT2D eigenvalue weighted by atomic mass is 10.2. The minimum absolute atomic E-state index is 0.0775. The van der Waals surface area contributed by atoms with Crippen LogP contribution < -0.4 is 11.5 Å². The molecule has 0 saturated heterocycles. The van der Waals surface area contributed by atoms with Crippen LogP contribution in [0.4, 0.5) is 0 Å². The molecule has 0 aromatic carbocycles. The second-order valence-corrected chi connectivity index (χ2v) is 5.10. The lowest BCUT2D eigenvalue weighted by molar-refractivity contribution is -0.113. The van der Waals surface area contributed by atoms with E-state index in [-0.39, 0.29) is 6.54 Å². The maximum absolute atomic E-state index is 10.4. The molecule has 0 radical (unpaired) electrons. The third-order valence-electron chi connectivity index (χ3n) is 1.39. The van der Waals surface area contributed by atoms with Crippen LogP contribution in [0.15, 0.2) is 12.7 Å². The van der Waals surface area contributed by atoms with E-state index in [9.17, 15) is 13.2 Å². The molecule has 0 fully saturated rings. The van der Waals surface area contributed by atoms with Gasteiger partial charge in [-0.05, 0) is 19.9 Å². The molecule has 5 N–H and O–H groups in total. The molecule has 0 aliphatic heterocycles. The molecule has 14 heavy (non-hydrogen) atoms. The molecule has 0 saturated carbocycles. The SMILES string of the molecule is C=CC(N)=O.CC(C)(CN)S(=O)(=O)O. The molecule has 0 bridgehead atoms. The number of nitrogens with two attached hydrogens (primary N) is 2. The summed E-state index contributed by atoms with van der Waals surface area (Å²) in [6.45, 7) is 5.73. The highest BCUT2D eigenvalue weighted by Gasteiger charge is 2.30. The Labute approximate surface area is 83.7 Å². The summed E-state index contributed by atoms with van der Waals surface area (Å²) >= 11 is 0. The smallest absolute Gasteiger partial charge is 0.271 e. The van der Waals surface area contributed by atoms with E-state index >= 15 is 0 Å². The van der Waals surface area contributed by atoms with Crippen molar-refractivity contribution in [2.45, 2.75) is 18.6 Å². The van der Waals surface area contributed by atoms with E-state index in [2.05, 4.69) is 12.3 Å². The minimum Gasteiger partial charge on any atom is -0.366 e. The number of carbonyl (C=O) groups is 1. The van der Waals surface area contributed by atoms with Crippen molar-refractivity contribution in [3.05, 3.63) is 12.7 Å². The van der Waals surface area contributed by atoms with Crippen LogP contribution in [0.25, 0.3) is 0 Å². The summed E-state index contributed by atoms with van der Waals surface area (Å²) in [4.78, 5) is 9.47. The Bertz CT molecular complexity index is 295. The van der Waals surface area contributed by atoms with Crippen molar-refractivity contribution in [1.29, 1.82) is 0 Å². The number of primary amides is 1. The van der Waals surface area contributed by atoms with Gasteiger partial charge in [-0.15, -0.1) is 0 Å². The predicted molar refractivity (Wildman–Crippen MR) is 54.1 cm³/mol.